The van der Waals surface area contributed by atoms with Crippen LogP contribution in [0.5, 0.6) is 0 Å². The Balaban J connectivity index is 3.28. The highest BCUT2D eigenvalue weighted by Crippen LogP contribution is 2.36. The van der Waals surface area contributed by atoms with Gasteiger partial charge in [-0.1, -0.05) is 33.8 Å². The number of hydrogen-bond acceptors (Lipinski definition) is 4. The largest absolute Gasteiger partial charge is 0.380 e. The van der Waals surface area contributed by atoms with Gasteiger partial charge < -0.3 is 10.2 Å². The number of nitrogens with zero attached hydrogens (tertiary/aromatic N) is 2. The Morgan fingerprint density at radius 1 is 1.19 bits per heavy atom. The predicted molar refractivity (Wildman–Crippen MR) is 89.1 cm³/mol. The van der Waals surface area contributed by atoms with Crippen molar-refractivity contribution in [2.45, 2.75) is 34.6 Å². The Labute approximate surface area is 127 Å². The van der Waals surface area contributed by atoms with Crippen molar-refractivity contribution >= 4 is 17.1 Å². The van der Waals surface area contributed by atoms with E-state index in [2.05, 4.69) is 37.9 Å². The Hall–Kier alpha value is -1.78. The minimum atomic E-state index is -0.277. The fourth-order valence-corrected chi connectivity index (χ4v) is 2.46. The lowest BCUT2D eigenvalue weighted by Gasteiger charge is -2.28. The van der Waals surface area contributed by atoms with Gasteiger partial charge in [0.25, 0.3) is 0 Å². The molecule has 0 bridgehead atoms. The molecule has 0 heterocycles. The molecular weight excluding hydrogens is 266 g/mol. The van der Waals surface area contributed by atoms with Crippen LogP contribution >= 0.6 is 0 Å². The SMILES string of the molecule is CCNc1cccc(N(CC(C)C)CC(C)C)c1[N+](=O)[O-]. The van der Waals surface area contributed by atoms with E-state index in [1.165, 1.54) is 0 Å². The highest BCUT2D eigenvalue weighted by Gasteiger charge is 2.24. The molecule has 0 spiro atoms. The molecule has 1 aromatic carbocycles. The predicted octanol–water partition coefficient (Wildman–Crippen LogP) is 4.15. The van der Waals surface area contributed by atoms with E-state index in [0.29, 0.717) is 29.8 Å². The number of anilines is 2. The first-order chi connectivity index (χ1) is 9.86. The number of benzene rings is 1. The third-order valence-electron chi connectivity index (χ3n) is 3.08. The maximum absolute atomic E-state index is 11.5. The van der Waals surface area contributed by atoms with E-state index in [9.17, 15) is 10.1 Å². The number of rotatable bonds is 8. The number of nitro benzene ring substituents is 1. The molecule has 0 fully saturated rings. The van der Waals surface area contributed by atoms with Crippen LogP contribution in [0, 0.1) is 22.0 Å². The van der Waals surface area contributed by atoms with Crippen molar-refractivity contribution in [2.75, 3.05) is 29.9 Å². The van der Waals surface area contributed by atoms with Crippen molar-refractivity contribution in [3.05, 3.63) is 28.3 Å². The summed E-state index contributed by atoms with van der Waals surface area (Å²) in [7, 11) is 0. The molecule has 0 aliphatic rings. The zero-order valence-corrected chi connectivity index (χ0v) is 13.7. The van der Waals surface area contributed by atoms with Crippen LogP contribution in [0.2, 0.25) is 0 Å². The Morgan fingerprint density at radius 2 is 1.76 bits per heavy atom. The molecule has 0 atom stereocenters. The molecule has 0 radical (unpaired) electrons. The van der Waals surface area contributed by atoms with E-state index in [4.69, 9.17) is 0 Å². The van der Waals surface area contributed by atoms with Crippen molar-refractivity contribution in [3.8, 4) is 0 Å². The second-order valence-corrected chi connectivity index (χ2v) is 6.15. The lowest BCUT2D eigenvalue weighted by Crippen LogP contribution is -2.32. The van der Waals surface area contributed by atoms with Gasteiger partial charge in [0.1, 0.15) is 11.4 Å². The van der Waals surface area contributed by atoms with E-state index >= 15 is 0 Å². The van der Waals surface area contributed by atoms with Crippen molar-refractivity contribution in [1.82, 2.24) is 0 Å². The van der Waals surface area contributed by atoms with Gasteiger partial charge >= 0.3 is 5.69 Å². The van der Waals surface area contributed by atoms with E-state index in [1.54, 1.807) is 6.07 Å². The smallest absolute Gasteiger partial charge is 0.315 e. The van der Waals surface area contributed by atoms with Crippen LogP contribution in [-0.4, -0.2) is 24.6 Å². The normalized spacial score (nSPS) is 11.0. The van der Waals surface area contributed by atoms with Crippen LogP contribution < -0.4 is 10.2 Å². The van der Waals surface area contributed by atoms with Gasteiger partial charge in [-0.3, -0.25) is 10.1 Å². The van der Waals surface area contributed by atoms with Crippen molar-refractivity contribution < 1.29 is 4.92 Å². The summed E-state index contributed by atoms with van der Waals surface area (Å²) in [6.45, 7) is 12.8. The van der Waals surface area contributed by atoms with Crippen LogP contribution in [0.15, 0.2) is 18.2 Å². The molecule has 1 N–H and O–H groups in total. The second kappa shape index (κ2) is 7.86. The molecule has 1 rings (SSSR count). The van der Waals surface area contributed by atoms with Crippen LogP contribution in [0.4, 0.5) is 17.1 Å². The monoisotopic (exact) mass is 293 g/mol. The first kappa shape index (κ1) is 17.3. The van der Waals surface area contributed by atoms with Crippen LogP contribution in [0.3, 0.4) is 0 Å². The average molecular weight is 293 g/mol. The fraction of sp³-hybridized carbons (Fsp3) is 0.625. The lowest BCUT2D eigenvalue weighted by atomic mass is 10.1. The molecule has 1 aromatic rings. The van der Waals surface area contributed by atoms with Gasteiger partial charge in [-0.15, -0.1) is 0 Å². The molecule has 5 nitrogen and oxygen atoms in total. The summed E-state index contributed by atoms with van der Waals surface area (Å²) < 4.78 is 0. The van der Waals surface area contributed by atoms with Gasteiger partial charge in [-0.25, -0.2) is 0 Å². The van der Waals surface area contributed by atoms with Gasteiger partial charge in [-0.05, 0) is 30.9 Å². The third kappa shape index (κ3) is 4.92. The van der Waals surface area contributed by atoms with Gasteiger partial charge in [0.2, 0.25) is 0 Å². The minimum absolute atomic E-state index is 0.181. The van der Waals surface area contributed by atoms with Gasteiger partial charge in [-0.2, -0.15) is 0 Å². The van der Waals surface area contributed by atoms with Crippen LogP contribution in [0.1, 0.15) is 34.6 Å². The van der Waals surface area contributed by atoms with Crippen LogP contribution in [0.25, 0.3) is 0 Å². The minimum Gasteiger partial charge on any atom is -0.380 e. The molecule has 0 aliphatic carbocycles. The number of para-hydroxylation sites is 1. The van der Waals surface area contributed by atoms with E-state index in [1.807, 2.05) is 19.1 Å². The highest BCUT2D eigenvalue weighted by atomic mass is 16.6. The summed E-state index contributed by atoms with van der Waals surface area (Å²) in [5, 5.41) is 14.6. The molecule has 0 unspecified atom stereocenters. The third-order valence-corrected chi connectivity index (χ3v) is 3.08. The standard InChI is InChI=1S/C16H27N3O2/c1-6-17-14-8-7-9-15(16(14)19(20)21)18(10-12(2)3)11-13(4)5/h7-9,12-13,17H,6,10-11H2,1-5H3. The lowest BCUT2D eigenvalue weighted by molar-refractivity contribution is -0.383. The van der Waals surface area contributed by atoms with Gasteiger partial charge in [0, 0.05) is 19.6 Å². The second-order valence-electron chi connectivity index (χ2n) is 6.15. The summed E-state index contributed by atoms with van der Waals surface area (Å²) in [4.78, 5) is 13.4. The summed E-state index contributed by atoms with van der Waals surface area (Å²) in [6, 6.07) is 5.51. The average Bonchev–Trinajstić information content (AvgIpc) is 2.36. The molecule has 0 saturated carbocycles. The molecule has 0 aromatic heterocycles. The molecule has 21 heavy (non-hydrogen) atoms. The molecule has 0 saturated heterocycles. The highest BCUT2D eigenvalue weighted by molar-refractivity contribution is 5.77. The quantitative estimate of drug-likeness (QED) is 0.578. The maximum atomic E-state index is 11.5. The first-order valence-electron chi connectivity index (χ1n) is 7.63. The molecule has 0 aliphatic heterocycles. The summed E-state index contributed by atoms with van der Waals surface area (Å²) >= 11 is 0. The molecular formula is C16H27N3O2. The molecule has 0 amide bonds. The van der Waals surface area contributed by atoms with E-state index < -0.39 is 0 Å². The Kier molecular flexibility index (Phi) is 6.46. The maximum Gasteiger partial charge on any atom is 0.315 e. The fourth-order valence-electron chi connectivity index (χ4n) is 2.46. The van der Waals surface area contributed by atoms with Gasteiger partial charge in [0.15, 0.2) is 0 Å². The van der Waals surface area contributed by atoms with Gasteiger partial charge in [0.05, 0.1) is 4.92 Å². The van der Waals surface area contributed by atoms with Crippen molar-refractivity contribution in [3.63, 3.8) is 0 Å². The first-order valence-corrected chi connectivity index (χ1v) is 7.63. The van der Waals surface area contributed by atoms with Crippen molar-refractivity contribution in [1.29, 1.82) is 0 Å². The van der Waals surface area contributed by atoms with Crippen molar-refractivity contribution in [2.24, 2.45) is 11.8 Å². The number of nitrogens with one attached hydrogen (secondary N) is 1. The Morgan fingerprint density at radius 3 is 2.19 bits per heavy atom. The zero-order chi connectivity index (χ0) is 16.0. The van der Waals surface area contributed by atoms with E-state index in [-0.39, 0.29) is 10.6 Å². The zero-order valence-electron chi connectivity index (χ0n) is 13.7. The topological polar surface area (TPSA) is 58.4 Å². The number of nitro groups is 1. The van der Waals surface area contributed by atoms with Crippen LogP contribution in [-0.2, 0) is 0 Å². The molecule has 5 heteroatoms. The summed E-state index contributed by atoms with van der Waals surface area (Å²) in [6.07, 6.45) is 0. The molecule has 118 valence electrons. The summed E-state index contributed by atoms with van der Waals surface area (Å²) in [5.41, 5.74) is 1.49. The number of hydrogen-bond donors (Lipinski definition) is 1. The Bertz CT molecular complexity index is 463. The summed E-state index contributed by atoms with van der Waals surface area (Å²) in [5.74, 6) is 0.900. The van der Waals surface area contributed by atoms with E-state index in [0.717, 1.165) is 13.1 Å².